The number of hydrogen-bond donors (Lipinski definition) is 0. The zero-order valence-corrected chi connectivity index (χ0v) is 27.4. The minimum absolute atomic E-state index is 0. The quantitative estimate of drug-likeness (QED) is 0.194. The van der Waals surface area contributed by atoms with Gasteiger partial charge in [-0.05, 0) is 52.1 Å². The molecule has 32 heavy (non-hydrogen) atoms. The topological polar surface area (TPSA) is 18.5 Å². The minimum Gasteiger partial charge on any atom is -1.00 e. The van der Waals surface area contributed by atoms with Gasteiger partial charge in [0.2, 0.25) is 0 Å². The van der Waals surface area contributed by atoms with E-state index in [4.69, 9.17) is 8.85 Å². The largest absolute Gasteiger partial charge is 4.00 e. The van der Waals surface area contributed by atoms with E-state index in [1.165, 1.54) is 22.3 Å². The molecule has 7 heteroatoms. The SMILES string of the molecule is CC(C)(C1=CC[C-]=C1CCCO[Si](C)(C)C)C1=CC[C-]=C1CCCO[Si](C)(C)C.[Cl-].[Cl-].[Zr+4]. The molecule has 0 heterocycles. The molecule has 0 aromatic heterocycles. The Morgan fingerprint density at radius 1 is 0.750 bits per heavy atom. The Bertz CT molecular complexity index is 642. The monoisotopic (exact) mass is 590 g/mol. The van der Waals surface area contributed by atoms with E-state index >= 15 is 0 Å². The minimum atomic E-state index is -1.42. The van der Waals surface area contributed by atoms with Crippen LogP contribution in [0.2, 0.25) is 39.3 Å². The zero-order chi connectivity index (χ0) is 21.7. The molecule has 0 unspecified atom stereocenters. The van der Waals surface area contributed by atoms with Crippen molar-refractivity contribution in [2.75, 3.05) is 13.2 Å². The third-order valence-electron chi connectivity index (χ3n) is 5.45. The standard InChI is InChI=1S/C25H42O2Si2.2ClH.Zr/c1-25(2,23-17-9-13-21(23)15-11-19-26-28(3,4)5)24-18-10-14-22(24)16-12-20-27-29(6,7)8;;;/h17-18H,9-12,15-16,19-20H2,1-8H3;2*1H;/q-2;;;+4/p-2. The number of allylic oxidation sites excluding steroid dienone is 8. The van der Waals surface area contributed by atoms with Crippen molar-refractivity contribution in [1.29, 1.82) is 0 Å². The van der Waals surface area contributed by atoms with Crippen LogP contribution in [0.15, 0.2) is 34.4 Å². The molecule has 0 fully saturated rings. The fourth-order valence-electron chi connectivity index (χ4n) is 4.10. The second-order valence-corrected chi connectivity index (χ2v) is 19.7. The molecule has 0 saturated heterocycles. The van der Waals surface area contributed by atoms with Crippen molar-refractivity contribution in [2.24, 2.45) is 5.41 Å². The molecule has 2 aliphatic rings. The van der Waals surface area contributed by atoms with Gasteiger partial charge >= 0.3 is 26.2 Å². The summed E-state index contributed by atoms with van der Waals surface area (Å²) in [6.45, 7) is 20.0. The van der Waals surface area contributed by atoms with E-state index in [0.717, 1.165) is 51.7 Å². The van der Waals surface area contributed by atoms with Crippen molar-refractivity contribution in [3.8, 4) is 0 Å². The van der Waals surface area contributed by atoms with Crippen LogP contribution < -0.4 is 24.8 Å². The van der Waals surface area contributed by atoms with E-state index < -0.39 is 16.6 Å². The molecule has 0 aliphatic heterocycles. The Balaban J connectivity index is 0. The van der Waals surface area contributed by atoms with E-state index in [-0.39, 0.29) is 56.4 Å². The maximum Gasteiger partial charge on any atom is 4.00 e. The average molecular weight is 593 g/mol. The second kappa shape index (κ2) is 15.0. The van der Waals surface area contributed by atoms with E-state index in [0.29, 0.717) is 0 Å². The smallest absolute Gasteiger partial charge is 1.00 e. The van der Waals surface area contributed by atoms with Crippen LogP contribution in [0.4, 0.5) is 0 Å². The first-order valence-corrected chi connectivity index (χ1v) is 18.1. The summed E-state index contributed by atoms with van der Waals surface area (Å²) < 4.78 is 12.1. The van der Waals surface area contributed by atoms with Gasteiger partial charge in [0.1, 0.15) is 0 Å². The third kappa shape index (κ3) is 11.5. The Hall–Kier alpha value is 0.777. The summed E-state index contributed by atoms with van der Waals surface area (Å²) >= 11 is 0. The molecule has 0 amide bonds. The molecule has 0 radical (unpaired) electrons. The predicted octanol–water partition coefficient (Wildman–Crippen LogP) is 1.40. The summed E-state index contributed by atoms with van der Waals surface area (Å²) in [7, 11) is -2.84. The van der Waals surface area contributed by atoms with Gasteiger partial charge < -0.3 is 33.7 Å². The molecule has 0 spiro atoms. The molecule has 0 aromatic carbocycles. The van der Waals surface area contributed by atoms with Crippen LogP contribution in [0.25, 0.3) is 0 Å². The number of halogens is 2. The fourth-order valence-corrected chi connectivity index (χ4v) is 5.61. The molecular formula is C25H42Cl2O2Si2Zr. The predicted molar refractivity (Wildman–Crippen MR) is 130 cm³/mol. The van der Waals surface area contributed by atoms with Crippen molar-refractivity contribution in [3.05, 3.63) is 46.6 Å². The molecule has 2 rings (SSSR count). The first kappa shape index (κ1) is 34.9. The van der Waals surface area contributed by atoms with Crippen LogP contribution in [0.3, 0.4) is 0 Å². The van der Waals surface area contributed by atoms with Crippen LogP contribution in [-0.2, 0) is 35.1 Å². The van der Waals surface area contributed by atoms with E-state index in [1.807, 2.05) is 0 Å². The van der Waals surface area contributed by atoms with Crippen molar-refractivity contribution >= 4 is 16.6 Å². The summed E-state index contributed by atoms with van der Waals surface area (Å²) in [4.78, 5) is 0. The average Bonchev–Trinajstić information content (AvgIpc) is 3.23. The van der Waals surface area contributed by atoms with E-state index in [2.05, 4.69) is 77.4 Å². The molecule has 0 aromatic rings. The van der Waals surface area contributed by atoms with Crippen molar-refractivity contribution in [1.82, 2.24) is 0 Å². The normalized spacial score (nSPS) is 16.2. The van der Waals surface area contributed by atoms with Crippen LogP contribution >= 0.6 is 0 Å². The summed E-state index contributed by atoms with van der Waals surface area (Å²) in [6.07, 6.45) is 18.2. The van der Waals surface area contributed by atoms with E-state index in [9.17, 15) is 0 Å². The van der Waals surface area contributed by atoms with Gasteiger partial charge in [0.25, 0.3) is 0 Å². The van der Waals surface area contributed by atoms with Gasteiger partial charge in [0, 0.05) is 13.2 Å². The molecule has 180 valence electrons. The summed E-state index contributed by atoms with van der Waals surface area (Å²) in [5.41, 5.74) is 5.77. The van der Waals surface area contributed by atoms with Gasteiger partial charge in [-0.1, -0.05) is 26.7 Å². The van der Waals surface area contributed by atoms with Crippen molar-refractivity contribution in [3.63, 3.8) is 0 Å². The number of rotatable bonds is 12. The van der Waals surface area contributed by atoms with Gasteiger partial charge in [-0.3, -0.25) is 12.2 Å². The van der Waals surface area contributed by atoms with Gasteiger partial charge in [-0.2, -0.15) is 12.2 Å². The van der Waals surface area contributed by atoms with E-state index in [1.54, 1.807) is 0 Å². The summed E-state index contributed by atoms with van der Waals surface area (Å²) in [5.74, 6) is 0. The Kier molecular flexibility index (Phi) is 16.4. The van der Waals surface area contributed by atoms with Crippen LogP contribution in [0.1, 0.15) is 52.4 Å². The van der Waals surface area contributed by atoms with Gasteiger partial charge in [-0.25, -0.2) is 22.3 Å². The zero-order valence-electron chi connectivity index (χ0n) is 21.4. The van der Waals surface area contributed by atoms with Gasteiger partial charge in [0.05, 0.1) is 0 Å². The van der Waals surface area contributed by atoms with Crippen LogP contribution in [0, 0.1) is 17.6 Å². The molecule has 0 atom stereocenters. The maximum atomic E-state index is 6.05. The first-order valence-electron chi connectivity index (χ1n) is 11.3. The summed E-state index contributed by atoms with van der Waals surface area (Å²) in [5, 5.41) is 0. The van der Waals surface area contributed by atoms with Crippen molar-refractivity contribution in [2.45, 2.75) is 91.7 Å². The fraction of sp³-hybridized carbons (Fsp3) is 0.680. The third-order valence-corrected chi connectivity index (χ3v) is 7.59. The van der Waals surface area contributed by atoms with Crippen LogP contribution in [-0.4, -0.2) is 29.8 Å². The molecule has 2 aliphatic carbocycles. The Morgan fingerprint density at radius 3 is 1.41 bits per heavy atom. The van der Waals surface area contributed by atoms with Crippen LogP contribution in [0.5, 0.6) is 0 Å². The summed E-state index contributed by atoms with van der Waals surface area (Å²) in [6, 6.07) is 0. The van der Waals surface area contributed by atoms with Gasteiger partial charge in [-0.15, -0.1) is 18.3 Å². The molecule has 2 nitrogen and oxygen atoms in total. The Morgan fingerprint density at radius 2 is 1.09 bits per heavy atom. The van der Waals surface area contributed by atoms with Gasteiger partial charge in [0.15, 0.2) is 16.6 Å². The Labute approximate surface area is 232 Å². The first-order chi connectivity index (χ1) is 13.4. The molecule has 0 N–H and O–H groups in total. The number of hydrogen-bond acceptors (Lipinski definition) is 2. The molecule has 0 saturated carbocycles. The maximum absolute atomic E-state index is 6.05. The molecular weight excluding hydrogens is 551 g/mol. The second-order valence-electron chi connectivity index (χ2n) is 10.7. The van der Waals surface area contributed by atoms with Crippen molar-refractivity contribution < 1.29 is 59.9 Å². The molecule has 0 bridgehead atoms.